The number of aryl methyl sites for hydroxylation is 2. The number of nitrogens with one attached hydrogen (secondary N) is 1. The molecule has 1 N–H and O–H groups in total. The lowest BCUT2D eigenvalue weighted by atomic mass is 10.2. The van der Waals surface area contributed by atoms with E-state index in [1.54, 1.807) is 28.9 Å². The molecule has 0 aromatic carbocycles. The number of carbonyl (C=O) groups is 1. The minimum absolute atomic E-state index is 0.0406. The second-order valence-corrected chi connectivity index (χ2v) is 7.32. The van der Waals surface area contributed by atoms with Crippen LogP contribution in [0, 0.1) is 6.92 Å². The molecule has 0 saturated carbocycles. The Morgan fingerprint density at radius 1 is 1.26 bits per heavy atom. The van der Waals surface area contributed by atoms with Gasteiger partial charge in [0.1, 0.15) is 0 Å². The first-order chi connectivity index (χ1) is 11.2. The van der Waals surface area contributed by atoms with Gasteiger partial charge in [-0.25, -0.2) is 4.98 Å². The Kier molecular flexibility index (Phi) is 5.15. The molecule has 0 aliphatic carbocycles. The summed E-state index contributed by atoms with van der Waals surface area (Å²) in [4.78, 5) is 23.2. The van der Waals surface area contributed by atoms with Crippen LogP contribution < -0.4 is 5.32 Å². The third-order valence-electron chi connectivity index (χ3n) is 3.33. The quantitative estimate of drug-likeness (QED) is 0.740. The summed E-state index contributed by atoms with van der Waals surface area (Å²) in [5.74, 6) is 0.0406. The van der Waals surface area contributed by atoms with Crippen LogP contribution in [0.1, 0.15) is 22.0 Å². The highest BCUT2D eigenvalue weighted by Gasteiger charge is 2.13. The highest BCUT2D eigenvalue weighted by Crippen LogP contribution is 2.31. The molecule has 118 valence electrons. The summed E-state index contributed by atoms with van der Waals surface area (Å²) in [5, 5.41) is 6.00. The van der Waals surface area contributed by atoms with E-state index in [1.807, 2.05) is 36.6 Å². The van der Waals surface area contributed by atoms with E-state index in [0.717, 1.165) is 16.4 Å². The van der Waals surface area contributed by atoms with Gasteiger partial charge in [-0.05, 0) is 36.9 Å². The summed E-state index contributed by atoms with van der Waals surface area (Å²) >= 11 is 3.35. The van der Waals surface area contributed by atoms with Crippen molar-refractivity contribution < 1.29 is 4.79 Å². The van der Waals surface area contributed by atoms with Gasteiger partial charge in [0.25, 0.3) is 0 Å². The van der Waals surface area contributed by atoms with E-state index < -0.39 is 0 Å². The van der Waals surface area contributed by atoms with E-state index in [9.17, 15) is 4.79 Å². The summed E-state index contributed by atoms with van der Waals surface area (Å²) < 4.78 is 0. The molecule has 0 aliphatic heterocycles. The summed E-state index contributed by atoms with van der Waals surface area (Å²) in [6, 6.07) is 9.79. The van der Waals surface area contributed by atoms with Crippen LogP contribution in [0.25, 0.3) is 10.6 Å². The van der Waals surface area contributed by atoms with Gasteiger partial charge in [0.15, 0.2) is 0 Å². The Balaban J connectivity index is 1.57. The molecule has 0 radical (unpaired) electrons. The smallest absolute Gasteiger partial charge is 0.220 e. The predicted octanol–water partition coefficient (Wildman–Crippen LogP) is 3.82. The van der Waals surface area contributed by atoms with Crippen molar-refractivity contribution in [3.63, 3.8) is 0 Å². The van der Waals surface area contributed by atoms with Crippen molar-refractivity contribution in [2.75, 3.05) is 0 Å². The number of pyridine rings is 1. The molecule has 3 aromatic rings. The molecule has 0 fully saturated rings. The highest BCUT2D eigenvalue weighted by atomic mass is 32.1. The maximum absolute atomic E-state index is 12.0. The minimum atomic E-state index is 0.0406. The lowest BCUT2D eigenvalue weighted by Crippen LogP contribution is -2.23. The normalized spacial score (nSPS) is 10.7. The number of thiophene rings is 1. The Bertz CT molecular complexity index is 767. The van der Waals surface area contributed by atoms with E-state index in [-0.39, 0.29) is 5.91 Å². The Labute approximate surface area is 143 Å². The molecular formula is C17H17N3OS2. The van der Waals surface area contributed by atoms with Crippen LogP contribution in [0.2, 0.25) is 0 Å². The van der Waals surface area contributed by atoms with Crippen molar-refractivity contribution in [2.24, 2.45) is 0 Å². The molecule has 6 heteroatoms. The Morgan fingerprint density at radius 3 is 2.91 bits per heavy atom. The lowest BCUT2D eigenvalue weighted by molar-refractivity contribution is -0.121. The van der Waals surface area contributed by atoms with E-state index in [1.165, 1.54) is 9.75 Å². The number of aromatic nitrogens is 2. The molecule has 0 spiro atoms. The Morgan fingerprint density at radius 2 is 2.17 bits per heavy atom. The van der Waals surface area contributed by atoms with Crippen LogP contribution in [-0.2, 0) is 17.8 Å². The fraction of sp³-hybridized carbons (Fsp3) is 0.235. The van der Waals surface area contributed by atoms with Crippen LogP contribution in [0.15, 0.2) is 41.9 Å². The topological polar surface area (TPSA) is 54.9 Å². The summed E-state index contributed by atoms with van der Waals surface area (Å²) in [5.41, 5.74) is 1.90. The molecule has 0 aliphatic rings. The third kappa shape index (κ3) is 4.24. The zero-order valence-corrected chi connectivity index (χ0v) is 14.4. The van der Waals surface area contributed by atoms with Gasteiger partial charge < -0.3 is 5.32 Å². The van der Waals surface area contributed by atoms with Crippen LogP contribution >= 0.6 is 22.7 Å². The molecule has 0 saturated heterocycles. The lowest BCUT2D eigenvalue weighted by Gasteiger charge is -2.04. The van der Waals surface area contributed by atoms with Crippen LogP contribution in [0.5, 0.6) is 0 Å². The second-order valence-electron chi connectivity index (χ2n) is 5.08. The van der Waals surface area contributed by atoms with Gasteiger partial charge in [0, 0.05) is 17.5 Å². The first kappa shape index (κ1) is 15.8. The fourth-order valence-corrected chi connectivity index (χ4v) is 4.01. The SMILES string of the molecule is Cc1nc(-c2cccs2)c(CCC(=O)NCc2ccccn2)s1. The number of carbonyl (C=O) groups excluding carboxylic acids is 1. The molecule has 23 heavy (non-hydrogen) atoms. The molecule has 3 rings (SSSR count). The average Bonchev–Trinajstić information content (AvgIpc) is 3.21. The molecule has 4 nitrogen and oxygen atoms in total. The summed E-state index contributed by atoms with van der Waals surface area (Å²) in [7, 11) is 0. The van der Waals surface area contributed by atoms with Crippen LogP contribution in [0.4, 0.5) is 0 Å². The number of rotatable bonds is 6. The van der Waals surface area contributed by atoms with Crippen LogP contribution in [-0.4, -0.2) is 15.9 Å². The first-order valence-electron chi connectivity index (χ1n) is 7.39. The van der Waals surface area contributed by atoms with Gasteiger partial charge in [-0.15, -0.1) is 22.7 Å². The molecule has 0 atom stereocenters. The zero-order valence-electron chi connectivity index (χ0n) is 12.8. The number of hydrogen-bond acceptors (Lipinski definition) is 5. The second kappa shape index (κ2) is 7.48. The van der Waals surface area contributed by atoms with Gasteiger partial charge in [-0.3, -0.25) is 9.78 Å². The number of amides is 1. The van der Waals surface area contributed by atoms with Gasteiger partial charge in [0.05, 0.1) is 27.8 Å². The summed E-state index contributed by atoms with van der Waals surface area (Å²) in [6.45, 7) is 2.48. The average molecular weight is 343 g/mol. The number of hydrogen-bond donors (Lipinski definition) is 1. The molecule has 1 amide bonds. The maximum Gasteiger partial charge on any atom is 0.220 e. The molecular weight excluding hydrogens is 326 g/mol. The van der Waals surface area contributed by atoms with Crippen LogP contribution in [0.3, 0.4) is 0 Å². The van der Waals surface area contributed by atoms with Crippen molar-refractivity contribution in [1.82, 2.24) is 15.3 Å². The van der Waals surface area contributed by atoms with E-state index in [0.29, 0.717) is 19.4 Å². The first-order valence-corrected chi connectivity index (χ1v) is 9.09. The predicted molar refractivity (Wildman–Crippen MR) is 94.6 cm³/mol. The highest BCUT2D eigenvalue weighted by molar-refractivity contribution is 7.15. The fourth-order valence-electron chi connectivity index (χ4n) is 2.25. The minimum Gasteiger partial charge on any atom is -0.350 e. The van der Waals surface area contributed by atoms with E-state index in [4.69, 9.17) is 0 Å². The van der Waals surface area contributed by atoms with Gasteiger partial charge in [-0.1, -0.05) is 12.1 Å². The number of thiazole rings is 1. The monoisotopic (exact) mass is 343 g/mol. The van der Waals surface area contributed by atoms with Crippen molar-refractivity contribution >= 4 is 28.6 Å². The van der Waals surface area contributed by atoms with Gasteiger partial charge in [-0.2, -0.15) is 0 Å². The van der Waals surface area contributed by atoms with Crippen molar-refractivity contribution in [3.05, 3.63) is 57.5 Å². The van der Waals surface area contributed by atoms with Gasteiger partial charge >= 0.3 is 0 Å². The van der Waals surface area contributed by atoms with E-state index in [2.05, 4.69) is 21.4 Å². The largest absolute Gasteiger partial charge is 0.350 e. The van der Waals surface area contributed by atoms with E-state index >= 15 is 0 Å². The molecule has 0 unspecified atom stereocenters. The van der Waals surface area contributed by atoms with Crippen molar-refractivity contribution in [2.45, 2.75) is 26.3 Å². The summed E-state index contributed by atoms with van der Waals surface area (Å²) in [6.07, 6.45) is 2.91. The standard InChI is InChI=1S/C17H17N3OS2/c1-12-20-17(14-6-4-10-22-14)15(23-12)7-8-16(21)19-11-13-5-2-3-9-18-13/h2-6,9-10H,7-8,11H2,1H3,(H,19,21). The maximum atomic E-state index is 12.0. The zero-order chi connectivity index (χ0) is 16.1. The number of nitrogens with zero attached hydrogens (tertiary/aromatic N) is 2. The van der Waals surface area contributed by atoms with Crippen molar-refractivity contribution in [1.29, 1.82) is 0 Å². The van der Waals surface area contributed by atoms with Gasteiger partial charge in [0.2, 0.25) is 5.91 Å². The third-order valence-corrected chi connectivity index (χ3v) is 5.24. The molecule has 3 aromatic heterocycles. The Hall–Kier alpha value is -2.05. The molecule has 0 bridgehead atoms. The van der Waals surface area contributed by atoms with Crippen molar-refractivity contribution in [3.8, 4) is 10.6 Å². The molecule has 3 heterocycles.